The van der Waals surface area contributed by atoms with E-state index in [-0.39, 0.29) is 29.8 Å². The first-order chi connectivity index (χ1) is 19.5. The number of nitrogens with zero attached hydrogens (tertiary/aromatic N) is 5. The van der Waals surface area contributed by atoms with E-state index in [2.05, 4.69) is 25.4 Å². The van der Waals surface area contributed by atoms with Crippen molar-refractivity contribution in [2.45, 2.75) is 45.8 Å². The predicted molar refractivity (Wildman–Crippen MR) is 149 cm³/mol. The molecule has 3 amide bonds. The number of aryl methyl sites for hydroxylation is 1. The molecule has 2 N–H and O–H groups in total. The molecular weight excluding hydrogens is 527 g/mol. The molecule has 11 heteroatoms. The van der Waals surface area contributed by atoms with Gasteiger partial charge in [-0.25, -0.2) is 9.18 Å². The van der Waals surface area contributed by atoms with Gasteiger partial charge in [0.1, 0.15) is 5.82 Å². The summed E-state index contributed by atoms with van der Waals surface area (Å²) in [6.45, 7) is 7.64. The number of aliphatic hydroxyl groups is 1. The molecular formula is C30H31FN6O4. The highest BCUT2D eigenvalue weighted by molar-refractivity contribution is 6.06. The SMILES string of the molecule is Cc1nnc(-c2ccc(CN3CCC(O)(c4ccc5ncc(N6CCC(=O)NC6=O)cc5c4F)C(C)(C)C3)cc2)o1. The topological polar surface area (TPSA) is 125 Å². The molecule has 0 aliphatic carbocycles. The molecule has 1 atom stereocenters. The van der Waals surface area contributed by atoms with Gasteiger partial charge >= 0.3 is 6.03 Å². The summed E-state index contributed by atoms with van der Waals surface area (Å²) >= 11 is 0. The number of rotatable bonds is 5. The van der Waals surface area contributed by atoms with Crippen LogP contribution in [0.4, 0.5) is 14.9 Å². The van der Waals surface area contributed by atoms with Crippen molar-refractivity contribution in [1.82, 2.24) is 25.4 Å². The van der Waals surface area contributed by atoms with Gasteiger partial charge in [0.25, 0.3) is 0 Å². The van der Waals surface area contributed by atoms with Gasteiger partial charge in [-0.2, -0.15) is 0 Å². The Morgan fingerprint density at radius 3 is 2.56 bits per heavy atom. The van der Waals surface area contributed by atoms with E-state index in [0.717, 1.165) is 11.1 Å². The number of piperidine rings is 1. The number of fused-ring (bicyclic) bond motifs is 1. The van der Waals surface area contributed by atoms with E-state index in [1.807, 2.05) is 38.1 Å². The summed E-state index contributed by atoms with van der Waals surface area (Å²) in [5.41, 5.74) is 0.866. The normalized spacial score (nSPS) is 21.3. The Bertz CT molecular complexity index is 1650. The van der Waals surface area contributed by atoms with Gasteiger partial charge in [-0.1, -0.05) is 32.0 Å². The number of hydrogen-bond donors (Lipinski definition) is 2. The molecule has 0 radical (unpaired) electrons. The van der Waals surface area contributed by atoms with Crippen LogP contribution in [0.1, 0.15) is 43.7 Å². The van der Waals surface area contributed by atoms with Gasteiger partial charge in [0, 0.05) is 61.5 Å². The minimum Gasteiger partial charge on any atom is -0.421 e. The summed E-state index contributed by atoms with van der Waals surface area (Å²) in [6.07, 6.45) is 1.98. The van der Waals surface area contributed by atoms with E-state index < -0.39 is 22.9 Å². The van der Waals surface area contributed by atoms with Crippen LogP contribution in [-0.4, -0.2) is 56.8 Å². The molecule has 6 rings (SSSR count). The number of pyridine rings is 1. The number of nitrogens with one attached hydrogen (secondary N) is 1. The van der Waals surface area contributed by atoms with E-state index in [9.17, 15) is 14.7 Å². The van der Waals surface area contributed by atoms with Gasteiger partial charge in [0.15, 0.2) is 0 Å². The van der Waals surface area contributed by atoms with Gasteiger partial charge in [0.2, 0.25) is 17.7 Å². The monoisotopic (exact) mass is 558 g/mol. The summed E-state index contributed by atoms with van der Waals surface area (Å²) in [7, 11) is 0. The van der Waals surface area contributed by atoms with Crippen molar-refractivity contribution in [2.75, 3.05) is 24.5 Å². The Morgan fingerprint density at radius 2 is 1.88 bits per heavy atom. The van der Waals surface area contributed by atoms with E-state index >= 15 is 4.39 Å². The molecule has 0 spiro atoms. The second-order valence-corrected chi connectivity index (χ2v) is 11.5. The lowest BCUT2D eigenvalue weighted by atomic mass is 9.66. The predicted octanol–water partition coefficient (Wildman–Crippen LogP) is 4.30. The van der Waals surface area contributed by atoms with Gasteiger partial charge in [-0.3, -0.25) is 24.9 Å². The van der Waals surface area contributed by atoms with Crippen molar-refractivity contribution >= 4 is 28.5 Å². The second kappa shape index (κ2) is 10.0. The lowest BCUT2D eigenvalue weighted by Gasteiger charge is -2.50. The minimum absolute atomic E-state index is 0.152. The first-order valence-electron chi connectivity index (χ1n) is 13.6. The molecule has 41 heavy (non-hydrogen) atoms. The van der Waals surface area contributed by atoms with Crippen LogP contribution in [-0.2, 0) is 16.9 Å². The third-order valence-electron chi connectivity index (χ3n) is 8.26. The van der Waals surface area contributed by atoms with Crippen LogP contribution in [0.15, 0.2) is 53.1 Å². The summed E-state index contributed by atoms with van der Waals surface area (Å²) in [5, 5.41) is 22.5. The van der Waals surface area contributed by atoms with Crippen LogP contribution in [0.5, 0.6) is 0 Å². The average molecular weight is 559 g/mol. The number of carbonyl (C=O) groups is 2. The van der Waals surface area contributed by atoms with Crippen LogP contribution in [0.25, 0.3) is 22.4 Å². The zero-order valence-electron chi connectivity index (χ0n) is 23.1. The maximum absolute atomic E-state index is 16.2. The first kappa shape index (κ1) is 27.0. The van der Waals surface area contributed by atoms with Gasteiger partial charge in [-0.05, 0) is 36.2 Å². The fraction of sp³-hybridized carbons (Fsp3) is 0.367. The molecule has 4 aromatic rings. The van der Waals surface area contributed by atoms with Crippen molar-refractivity contribution in [3.63, 3.8) is 0 Å². The maximum Gasteiger partial charge on any atom is 0.328 e. The van der Waals surface area contributed by atoms with E-state index in [1.165, 1.54) is 11.1 Å². The Morgan fingerprint density at radius 1 is 1.10 bits per heavy atom. The van der Waals surface area contributed by atoms with E-state index in [0.29, 0.717) is 49.0 Å². The van der Waals surface area contributed by atoms with Crippen molar-refractivity contribution in [1.29, 1.82) is 0 Å². The van der Waals surface area contributed by atoms with Gasteiger partial charge < -0.3 is 9.52 Å². The van der Waals surface area contributed by atoms with E-state index in [4.69, 9.17) is 4.42 Å². The highest BCUT2D eigenvalue weighted by Crippen LogP contribution is 2.48. The summed E-state index contributed by atoms with van der Waals surface area (Å²) in [5.74, 6) is 0.0901. The number of amides is 3. The van der Waals surface area contributed by atoms with Crippen LogP contribution in [0.2, 0.25) is 0 Å². The molecule has 10 nitrogen and oxygen atoms in total. The Labute approximate surface area is 236 Å². The van der Waals surface area contributed by atoms with Gasteiger partial charge in [-0.15, -0.1) is 10.2 Å². The Balaban J connectivity index is 1.23. The largest absolute Gasteiger partial charge is 0.421 e. The molecule has 2 fully saturated rings. The molecule has 4 heterocycles. The molecule has 1 unspecified atom stereocenters. The highest BCUT2D eigenvalue weighted by Gasteiger charge is 2.50. The molecule has 2 saturated heterocycles. The summed E-state index contributed by atoms with van der Waals surface area (Å²) in [4.78, 5) is 31.9. The lowest BCUT2D eigenvalue weighted by molar-refractivity contribution is -0.128. The standard InChI is InChI=1S/C30H31FN6O4/c1-18-34-35-27(41-18)20-6-4-19(5-7-20)16-36-13-11-30(40,29(2,3)17-36)23-8-9-24-22(26(23)31)14-21(15-32-24)37-12-10-25(38)33-28(37)39/h4-9,14-15,40H,10-13,16-17H2,1-3H3,(H,33,38,39). The number of anilines is 1. The second-order valence-electron chi connectivity index (χ2n) is 11.5. The number of carbonyl (C=O) groups excluding carboxylic acids is 2. The number of hydrogen-bond acceptors (Lipinski definition) is 8. The molecule has 2 aromatic heterocycles. The van der Waals surface area contributed by atoms with Crippen LogP contribution < -0.4 is 10.2 Å². The number of imide groups is 1. The fourth-order valence-electron chi connectivity index (χ4n) is 5.92. The summed E-state index contributed by atoms with van der Waals surface area (Å²) in [6, 6.07) is 12.3. The van der Waals surface area contributed by atoms with Crippen molar-refractivity contribution in [3.8, 4) is 11.5 Å². The zero-order chi connectivity index (χ0) is 28.9. The van der Waals surface area contributed by atoms with Crippen LogP contribution in [0, 0.1) is 18.2 Å². The third kappa shape index (κ3) is 4.85. The number of urea groups is 1. The number of benzene rings is 2. The highest BCUT2D eigenvalue weighted by atomic mass is 19.1. The van der Waals surface area contributed by atoms with Crippen LogP contribution >= 0.6 is 0 Å². The molecule has 0 bridgehead atoms. The van der Waals surface area contributed by atoms with Gasteiger partial charge in [0.05, 0.1) is 23.0 Å². The first-order valence-corrected chi connectivity index (χ1v) is 13.6. The van der Waals surface area contributed by atoms with E-state index in [1.54, 1.807) is 25.1 Å². The third-order valence-corrected chi connectivity index (χ3v) is 8.26. The minimum atomic E-state index is -1.42. The van der Waals surface area contributed by atoms with Crippen molar-refractivity contribution in [3.05, 3.63) is 71.5 Å². The smallest absolute Gasteiger partial charge is 0.328 e. The Hall–Kier alpha value is -4.22. The summed E-state index contributed by atoms with van der Waals surface area (Å²) < 4.78 is 21.7. The van der Waals surface area contributed by atoms with Crippen molar-refractivity contribution in [2.24, 2.45) is 5.41 Å². The molecule has 212 valence electrons. The zero-order valence-corrected chi connectivity index (χ0v) is 23.1. The number of halogens is 1. The maximum atomic E-state index is 16.2. The molecule has 2 aliphatic rings. The average Bonchev–Trinajstić information content (AvgIpc) is 3.37. The number of aromatic nitrogens is 3. The molecule has 2 aliphatic heterocycles. The molecule has 0 saturated carbocycles. The fourth-order valence-corrected chi connectivity index (χ4v) is 5.92. The van der Waals surface area contributed by atoms with Crippen molar-refractivity contribution < 1.29 is 23.5 Å². The lowest BCUT2D eigenvalue weighted by Crippen LogP contribution is -2.55. The Kier molecular flexibility index (Phi) is 6.58. The molecule has 2 aromatic carbocycles. The quantitative estimate of drug-likeness (QED) is 0.372. The number of likely N-dealkylation sites (tertiary alicyclic amines) is 1. The van der Waals surface area contributed by atoms with Crippen LogP contribution in [0.3, 0.4) is 0 Å².